The summed E-state index contributed by atoms with van der Waals surface area (Å²) >= 11 is 1.48. The van der Waals surface area contributed by atoms with E-state index in [2.05, 4.69) is 10.1 Å². The first-order chi connectivity index (χ1) is 8.06. The summed E-state index contributed by atoms with van der Waals surface area (Å²) in [5.74, 6) is 0.178. The molecule has 0 aliphatic carbocycles. The molecule has 0 aliphatic rings. The van der Waals surface area contributed by atoms with E-state index in [1.54, 1.807) is 10.9 Å². The molecule has 0 spiro atoms. The fraction of sp³-hybridized carbons (Fsp3) is 0.417. The number of aromatic nitrogens is 3. The van der Waals surface area contributed by atoms with Crippen LogP contribution in [0.2, 0.25) is 0 Å². The maximum Gasteiger partial charge on any atom is 0.175 e. The third kappa shape index (κ3) is 2.79. The van der Waals surface area contributed by atoms with Gasteiger partial charge in [0.2, 0.25) is 0 Å². The average molecular weight is 249 g/mol. The van der Waals surface area contributed by atoms with Crippen LogP contribution in [0.4, 0.5) is 0 Å². The van der Waals surface area contributed by atoms with E-state index in [1.807, 2.05) is 27.1 Å². The molecule has 2 aromatic heterocycles. The zero-order valence-electron chi connectivity index (χ0n) is 10.2. The highest BCUT2D eigenvalue weighted by atomic mass is 32.1. The third-order valence-corrected chi connectivity index (χ3v) is 3.67. The molecule has 0 unspecified atom stereocenters. The minimum Gasteiger partial charge on any atom is -0.293 e. The molecule has 0 N–H and O–H groups in total. The van der Waals surface area contributed by atoms with Crippen LogP contribution in [0.3, 0.4) is 0 Å². The van der Waals surface area contributed by atoms with E-state index in [0.717, 1.165) is 27.6 Å². The average Bonchev–Trinajstić information content (AvgIpc) is 2.81. The summed E-state index contributed by atoms with van der Waals surface area (Å²) in [6.07, 6.45) is 5.01. The Morgan fingerprint density at radius 3 is 2.76 bits per heavy atom. The molecule has 0 aromatic carbocycles. The summed E-state index contributed by atoms with van der Waals surface area (Å²) < 4.78 is 1.75. The SMILES string of the molecule is Cc1nc(C)c(C(=O)CCc2cnn(C)c2)s1. The fourth-order valence-corrected chi connectivity index (χ4v) is 2.65. The van der Waals surface area contributed by atoms with Crippen LogP contribution in [0.5, 0.6) is 0 Å². The van der Waals surface area contributed by atoms with Crippen molar-refractivity contribution in [3.63, 3.8) is 0 Å². The first-order valence-electron chi connectivity index (χ1n) is 5.51. The Hall–Kier alpha value is -1.49. The van der Waals surface area contributed by atoms with Crippen molar-refractivity contribution in [1.82, 2.24) is 14.8 Å². The van der Waals surface area contributed by atoms with E-state index in [9.17, 15) is 4.79 Å². The first kappa shape index (κ1) is 12.0. The van der Waals surface area contributed by atoms with Crippen molar-refractivity contribution in [1.29, 1.82) is 0 Å². The molecule has 0 saturated carbocycles. The summed E-state index contributed by atoms with van der Waals surface area (Å²) in [5, 5.41) is 5.04. The van der Waals surface area contributed by atoms with Gasteiger partial charge in [0.25, 0.3) is 0 Å². The van der Waals surface area contributed by atoms with Crippen LogP contribution in [0, 0.1) is 13.8 Å². The van der Waals surface area contributed by atoms with Crippen LogP contribution in [-0.4, -0.2) is 20.5 Å². The summed E-state index contributed by atoms with van der Waals surface area (Å²) in [6, 6.07) is 0. The van der Waals surface area contributed by atoms with E-state index in [4.69, 9.17) is 0 Å². The van der Waals surface area contributed by atoms with Crippen LogP contribution < -0.4 is 0 Å². The number of carbonyl (C=O) groups is 1. The van der Waals surface area contributed by atoms with Gasteiger partial charge < -0.3 is 0 Å². The summed E-state index contributed by atoms with van der Waals surface area (Å²) in [5.41, 5.74) is 1.95. The molecule has 0 saturated heterocycles. The summed E-state index contributed by atoms with van der Waals surface area (Å²) in [4.78, 5) is 17.1. The summed E-state index contributed by atoms with van der Waals surface area (Å²) in [7, 11) is 1.88. The van der Waals surface area contributed by atoms with Gasteiger partial charge in [-0.25, -0.2) is 4.98 Å². The Kier molecular flexibility index (Phi) is 3.38. The van der Waals surface area contributed by atoms with Gasteiger partial charge >= 0.3 is 0 Å². The van der Waals surface area contributed by atoms with E-state index < -0.39 is 0 Å². The highest BCUT2D eigenvalue weighted by Crippen LogP contribution is 2.19. The zero-order valence-corrected chi connectivity index (χ0v) is 11.0. The van der Waals surface area contributed by atoms with Crippen LogP contribution in [-0.2, 0) is 13.5 Å². The second-order valence-corrected chi connectivity index (χ2v) is 5.30. The van der Waals surface area contributed by atoms with Crippen molar-refractivity contribution in [2.45, 2.75) is 26.7 Å². The molecule has 0 radical (unpaired) electrons. The number of rotatable bonds is 4. The zero-order chi connectivity index (χ0) is 12.4. The lowest BCUT2D eigenvalue weighted by Gasteiger charge is -1.97. The van der Waals surface area contributed by atoms with Crippen molar-refractivity contribution in [3.05, 3.63) is 33.5 Å². The number of thiazole rings is 1. The molecule has 90 valence electrons. The number of nitrogens with zero attached hydrogens (tertiary/aromatic N) is 3. The Morgan fingerprint density at radius 2 is 2.24 bits per heavy atom. The fourth-order valence-electron chi connectivity index (χ4n) is 1.76. The summed E-state index contributed by atoms with van der Waals surface area (Å²) in [6.45, 7) is 3.82. The van der Waals surface area contributed by atoms with Gasteiger partial charge in [-0.2, -0.15) is 5.10 Å². The van der Waals surface area contributed by atoms with Gasteiger partial charge in [-0.3, -0.25) is 9.48 Å². The quantitative estimate of drug-likeness (QED) is 0.781. The predicted octanol–water partition coefficient (Wildman–Crippen LogP) is 2.31. The van der Waals surface area contributed by atoms with E-state index >= 15 is 0 Å². The number of hydrogen-bond donors (Lipinski definition) is 0. The standard InChI is InChI=1S/C12H15N3OS/c1-8-12(17-9(2)14-8)11(16)5-4-10-6-13-15(3)7-10/h6-7H,4-5H2,1-3H3. The minimum absolute atomic E-state index is 0.178. The minimum atomic E-state index is 0.178. The molecule has 0 aliphatic heterocycles. The van der Waals surface area contributed by atoms with Crippen molar-refractivity contribution < 1.29 is 4.79 Å². The lowest BCUT2D eigenvalue weighted by Crippen LogP contribution is -2.00. The smallest absolute Gasteiger partial charge is 0.175 e. The molecular weight excluding hydrogens is 234 g/mol. The maximum atomic E-state index is 12.0. The molecule has 0 bridgehead atoms. The molecule has 0 fully saturated rings. The first-order valence-corrected chi connectivity index (χ1v) is 6.32. The topological polar surface area (TPSA) is 47.8 Å². The largest absolute Gasteiger partial charge is 0.293 e. The lowest BCUT2D eigenvalue weighted by molar-refractivity contribution is 0.0986. The Morgan fingerprint density at radius 1 is 1.47 bits per heavy atom. The monoisotopic (exact) mass is 249 g/mol. The van der Waals surface area contributed by atoms with Gasteiger partial charge in [0.15, 0.2) is 5.78 Å². The molecule has 17 heavy (non-hydrogen) atoms. The lowest BCUT2D eigenvalue weighted by atomic mass is 10.1. The number of carbonyl (C=O) groups excluding carboxylic acids is 1. The van der Waals surface area contributed by atoms with Crippen molar-refractivity contribution >= 4 is 17.1 Å². The third-order valence-electron chi connectivity index (χ3n) is 2.56. The van der Waals surface area contributed by atoms with Gasteiger partial charge in [0.1, 0.15) is 0 Å². The molecule has 2 rings (SSSR count). The number of ketones is 1. The Balaban J connectivity index is 2.00. The van der Waals surface area contributed by atoms with Gasteiger partial charge in [0, 0.05) is 19.7 Å². The molecule has 2 heterocycles. The van der Waals surface area contributed by atoms with Gasteiger partial charge in [0.05, 0.1) is 21.8 Å². The normalized spacial score (nSPS) is 10.8. The van der Waals surface area contributed by atoms with Crippen LogP contribution in [0.15, 0.2) is 12.4 Å². The Labute approximate surface area is 104 Å². The van der Waals surface area contributed by atoms with Crippen LogP contribution in [0.25, 0.3) is 0 Å². The van der Waals surface area contributed by atoms with Gasteiger partial charge in [-0.05, 0) is 25.8 Å². The molecule has 0 atom stereocenters. The van der Waals surface area contributed by atoms with E-state index in [0.29, 0.717) is 6.42 Å². The number of Topliss-reactive ketones (excluding diaryl/α,β-unsaturated/α-hetero) is 1. The van der Waals surface area contributed by atoms with E-state index in [-0.39, 0.29) is 5.78 Å². The molecule has 2 aromatic rings. The second-order valence-electron chi connectivity index (χ2n) is 4.09. The second kappa shape index (κ2) is 4.79. The van der Waals surface area contributed by atoms with Gasteiger partial charge in [-0.15, -0.1) is 11.3 Å². The highest BCUT2D eigenvalue weighted by molar-refractivity contribution is 7.13. The molecule has 4 nitrogen and oxygen atoms in total. The van der Waals surface area contributed by atoms with Crippen molar-refractivity contribution in [2.75, 3.05) is 0 Å². The predicted molar refractivity (Wildman–Crippen MR) is 67.4 cm³/mol. The van der Waals surface area contributed by atoms with Gasteiger partial charge in [-0.1, -0.05) is 0 Å². The highest BCUT2D eigenvalue weighted by Gasteiger charge is 2.13. The molecular formula is C12H15N3OS. The van der Waals surface area contributed by atoms with Crippen LogP contribution >= 0.6 is 11.3 Å². The molecule has 5 heteroatoms. The molecule has 0 amide bonds. The van der Waals surface area contributed by atoms with Crippen LogP contribution in [0.1, 0.15) is 32.4 Å². The van der Waals surface area contributed by atoms with Crippen molar-refractivity contribution in [3.8, 4) is 0 Å². The number of aryl methyl sites for hydroxylation is 4. The van der Waals surface area contributed by atoms with E-state index in [1.165, 1.54) is 11.3 Å². The van der Waals surface area contributed by atoms with Crippen molar-refractivity contribution in [2.24, 2.45) is 7.05 Å². The number of hydrogen-bond acceptors (Lipinski definition) is 4. The maximum absolute atomic E-state index is 12.0. The Bertz CT molecular complexity index is 542.